The molecular weight excluding hydrogens is 168 g/mol. The monoisotopic (exact) mass is 188 g/mol. The molecule has 0 aromatic rings. The van der Waals surface area contributed by atoms with Crippen LogP contribution in [0.3, 0.4) is 0 Å². The van der Waals surface area contributed by atoms with Gasteiger partial charge in [-0.25, -0.2) is 0 Å². The van der Waals surface area contributed by atoms with Crippen LogP contribution in [0, 0.1) is 0 Å². The summed E-state index contributed by atoms with van der Waals surface area (Å²) in [4.78, 5) is 2.35. The summed E-state index contributed by atoms with van der Waals surface area (Å²) in [6.45, 7) is 3.49. The van der Waals surface area contributed by atoms with Gasteiger partial charge in [0, 0.05) is 39.9 Å². The number of hydrogen-bond donors (Lipinski definition) is 1. The summed E-state index contributed by atoms with van der Waals surface area (Å²) in [7, 11) is 3.42. The SMILES string of the molecule is COCC(CN1CCC1CN)OC. The summed E-state index contributed by atoms with van der Waals surface area (Å²) in [5, 5.41) is 0. The van der Waals surface area contributed by atoms with Gasteiger partial charge in [-0.1, -0.05) is 0 Å². The molecule has 2 N–H and O–H groups in total. The smallest absolute Gasteiger partial charge is 0.0931 e. The molecule has 1 saturated heterocycles. The van der Waals surface area contributed by atoms with Crippen molar-refractivity contribution < 1.29 is 9.47 Å². The lowest BCUT2D eigenvalue weighted by atomic mass is 10.0. The highest BCUT2D eigenvalue weighted by Gasteiger charge is 2.28. The van der Waals surface area contributed by atoms with Crippen molar-refractivity contribution in [3.05, 3.63) is 0 Å². The van der Waals surface area contributed by atoms with E-state index in [9.17, 15) is 0 Å². The number of hydrogen-bond acceptors (Lipinski definition) is 4. The van der Waals surface area contributed by atoms with Gasteiger partial charge in [0.2, 0.25) is 0 Å². The number of ether oxygens (including phenoxy) is 2. The van der Waals surface area contributed by atoms with Gasteiger partial charge in [0.05, 0.1) is 12.7 Å². The Morgan fingerprint density at radius 2 is 2.31 bits per heavy atom. The van der Waals surface area contributed by atoms with Crippen LogP contribution in [0.15, 0.2) is 0 Å². The average molecular weight is 188 g/mol. The largest absolute Gasteiger partial charge is 0.382 e. The van der Waals surface area contributed by atoms with Gasteiger partial charge in [0.1, 0.15) is 0 Å². The van der Waals surface area contributed by atoms with E-state index in [2.05, 4.69) is 4.90 Å². The molecule has 1 fully saturated rings. The third-order valence-corrected chi connectivity index (χ3v) is 2.66. The van der Waals surface area contributed by atoms with Gasteiger partial charge in [0.25, 0.3) is 0 Å². The van der Waals surface area contributed by atoms with E-state index in [0.717, 1.165) is 19.6 Å². The summed E-state index contributed by atoms with van der Waals surface area (Å²) in [6.07, 6.45) is 1.40. The standard InChI is InChI=1S/C9H20N2O2/c1-12-7-9(13-2)6-11-4-3-8(11)5-10/h8-9H,3-7,10H2,1-2H3. The van der Waals surface area contributed by atoms with Gasteiger partial charge in [-0.2, -0.15) is 0 Å². The predicted octanol–water partition coefficient (Wildman–Crippen LogP) is -0.319. The minimum absolute atomic E-state index is 0.180. The van der Waals surface area contributed by atoms with Crippen LogP contribution in [0.5, 0.6) is 0 Å². The Bertz CT molecular complexity index is 140. The van der Waals surface area contributed by atoms with Gasteiger partial charge in [-0.15, -0.1) is 0 Å². The highest BCUT2D eigenvalue weighted by atomic mass is 16.5. The van der Waals surface area contributed by atoms with Crippen LogP contribution in [-0.4, -0.2) is 57.5 Å². The first-order chi connectivity index (χ1) is 6.31. The lowest BCUT2D eigenvalue weighted by molar-refractivity contribution is -0.0230. The minimum atomic E-state index is 0.180. The van der Waals surface area contributed by atoms with Crippen LogP contribution in [-0.2, 0) is 9.47 Å². The normalized spacial score (nSPS) is 25.6. The molecule has 2 unspecified atom stereocenters. The van der Waals surface area contributed by atoms with Gasteiger partial charge >= 0.3 is 0 Å². The fraction of sp³-hybridized carbons (Fsp3) is 1.00. The van der Waals surface area contributed by atoms with E-state index >= 15 is 0 Å². The number of rotatable bonds is 6. The number of nitrogens with two attached hydrogens (primary N) is 1. The van der Waals surface area contributed by atoms with E-state index in [1.165, 1.54) is 6.42 Å². The van der Waals surface area contributed by atoms with Crippen molar-refractivity contribution in [1.29, 1.82) is 0 Å². The molecule has 1 aliphatic heterocycles. The summed E-state index contributed by atoms with van der Waals surface area (Å²) in [6, 6.07) is 0.564. The molecule has 13 heavy (non-hydrogen) atoms. The molecule has 0 aromatic heterocycles. The van der Waals surface area contributed by atoms with E-state index < -0.39 is 0 Å². The third kappa shape index (κ3) is 2.91. The fourth-order valence-corrected chi connectivity index (χ4v) is 1.64. The second-order valence-electron chi connectivity index (χ2n) is 3.49. The third-order valence-electron chi connectivity index (χ3n) is 2.66. The van der Waals surface area contributed by atoms with Gasteiger partial charge in [-0.3, -0.25) is 4.90 Å². The van der Waals surface area contributed by atoms with Crippen molar-refractivity contribution in [2.24, 2.45) is 5.73 Å². The minimum Gasteiger partial charge on any atom is -0.382 e. The topological polar surface area (TPSA) is 47.7 Å². The Morgan fingerprint density at radius 1 is 1.54 bits per heavy atom. The summed E-state index contributed by atoms with van der Waals surface area (Å²) < 4.78 is 10.3. The predicted molar refractivity (Wildman–Crippen MR) is 51.7 cm³/mol. The van der Waals surface area contributed by atoms with Crippen LogP contribution in [0.2, 0.25) is 0 Å². The van der Waals surface area contributed by atoms with Gasteiger partial charge in [0.15, 0.2) is 0 Å². The van der Waals surface area contributed by atoms with Crippen molar-refractivity contribution in [3.8, 4) is 0 Å². The van der Waals surface area contributed by atoms with Crippen molar-refractivity contribution >= 4 is 0 Å². The number of likely N-dealkylation sites (tertiary alicyclic amines) is 1. The molecule has 1 heterocycles. The summed E-state index contributed by atoms with van der Waals surface area (Å²) in [5.74, 6) is 0. The average Bonchev–Trinajstić information content (AvgIpc) is 2.11. The van der Waals surface area contributed by atoms with Crippen molar-refractivity contribution in [2.45, 2.75) is 18.6 Å². The molecule has 0 radical (unpaired) electrons. The van der Waals surface area contributed by atoms with E-state index in [4.69, 9.17) is 15.2 Å². The molecule has 0 bridgehead atoms. The van der Waals surface area contributed by atoms with Gasteiger partial charge < -0.3 is 15.2 Å². The van der Waals surface area contributed by atoms with Crippen molar-refractivity contribution in [3.63, 3.8) is 0 Å². The Morgan fingerprint density at radius 3 is 2.69 bits per heavy atom. The lowest BCUT2D eigenvalue weighted by Gasteiger charge is -2.41. The molecule has 0 saturated carbocycles. The van der Waals surface area contributed by atoms with E-state index in [-0.39, 0.29) is 6.10 Å². The molecular formula is C9H20N2O2. The number of methoxy groups -OCH3 is 2. The zero-order valence-electron chi connectivity index (χ0n) is 8.53. The quantitative estimate of drug-likeness (QED) is 0.620. The first-order valence-corrected chi connectivity index (χ1v) is 4.77. The molecule has 78 valence electrons. The van der Waals surface area contributed by atoms with Crippen LogP contribution < -0.4 is 5.73 Å². The highest BCUT2D eigenvalue weighted by Crippen LogP contribution is 2.16. The molecule has 2 atom stereocenters. The summed E-state index contributed by atoms with van der Waals surface area (Å²) in [5.41, 5.74) is 5.60. The molecule has 4 nitrogen and oxygen atoms in total. The van der Waals surface area contributed by atoms with Crippen molar-refractivity contribution in [2.75, 3.05) is 40.5 Å². The maximum atomic E-state index is 5.60. The van der Waals surface area contributed by atoms with E-state index in [0.29, 0.717) is 12.6 Å². The Hall–Kier alpha value is -0.160. The molecule has 0 amide bonds. The molecule has 0 aliphatic carbocycles. The van der Waals surface area contributed by atoms with Crippen LogP contribution in [0.4, 0.5) is 0 Å². The molecule has 0 spiro atoms. The van der Waals surface area contributed by atoms with Crippen LogP contribution >= 0.6 is 0 Å². The first-order valence-electron chi connectivity index (χ1n) is 4.77. The Labute approximate surface area is 80.0 Å². The zero-order valence-corrected chi connectivity index (χ0v) is 8.53. The van der Waals surface area contributed by atoms with E-state index in [1.54, 1.807) is 14.2 Å². The van der Waals surface area contributed by atoms with E-state index in [1.807, 2.05) is 0 Å². The van der Waals surface area contributed by atoms with Crippen LogP contribution in [0.25, 0.3) is 0 Å². The first kappa shape index (κ1) is 10.9. The Balaban J connectivity index is 2.21. The molecule has 1 aliphatic rings. The second-order valence-corrected chi connectivity index (χ2v) is 3.49. The molecule has 1 rings (SSSR count). The second kappa shape index (κ2) is 5.54. The maximum Gasteiger partial charge on any atom is 0.0931 e. The molecule has 0 aromatic carbocycles. The van der Waals surface area contributed by atoms with Crippen LogP contribution in [0.1, 0.15) is 6.42 Å². The highest BCUT2D eigenvalue weighted by molar-refractivity contribution is 4.84. The molecule has 4 heteroatoms. The lowest BCUT2D eigenvalue weighted by Crippen LogP contribution is -2.54. The fourth-order valence-electron chi connectivity index (χ4n) is 1.64. The number of nitrogens with zero attached hydrogens (tertiary/aromatic N) is 1. The zero-order chi connectivity index (χ0) is 9.68. The summed E-state index contributed by atoms with van der Waals surface area (Å²) >= 11 is 0. The Kier molecular flexibility index (Phi) is 4.66. The maximum absolute atomic E-state index is 5.60. The van der Waals surface area contributed by atoms with Crippen molar-refractivity contribution in [1.82, 2.24) is 4.90 Å². The van der Waals surface area contributed by atoms with Gasteiger partial charge in [-0.05, 0) is 6.42 Å².